The smallest absolute Gasteiger partial charge is 0.129 e. The van der Waals surface area contributed by atoms with E-state index in [1.165, 1.54) is 55.8 Å². The van der Waals surface area contributed by atoms with Crippen LogP contribution in [0.5, 0.6) is 0 Å². The van der Waals surface area contributed by atoms with Gasteiger partial charge in [-0.1, -0.05) is 80.8 Å². The fraction of sp³-hybridized carbons (Fsp3) is 0.867. The number of hydrogen-bond donors (Lipinski definition) is 0. The molecule has 0 aromatic carbocycles. The molecule has 0 aromatic rings. The van der Waals surface area contributed by atoms with Crippen molar-refractivity contribution in [2.75, 3.05) is 4.43 Å². The van der Waals surface area contributed by atoms with E-state index in [1.807, 2.05) is 0 Å². The fourth-order valence-corrected chi connectivity index (χ4v) is 2.89. The van der Waals surface area contributed by atoms with Crippen molar-refractivity contribution in [3.05, 3.63) is 0 Å². The van der Waals surface area contributed by atoms with Gasteiger partial charge < -0.3 is 0 Å². The second-order valence-electron chi connectivity index (χ2n) is 5.82. The largest absolute Gasteiger partial charge is 0.132 e. The highest BCUT2D eigenvalue weighted by Gasteiger charge is 2.06. The highest BCUT2D eigenvalue weighted by Crippen LogP contribution is 2.10. The van der Waals surface area contributed by atoms with Crippen molar-refractivity contribution in [2.24, 2.45) is 0 Å². The molecule has 0 bridgehead atoms. The molecule has 0 aromatic heterocycles. The molecule has 0 radical (unpaired) electrons. The average molecular weight is 364 g/mol. The number of alkyl halides is 1. The first-order valence-electron chi connectivity index (χ1n) is 7.12. The molecule has 0 N–H and O–H groups in total. The fourth-order valence-electron chi connectivity index (χ4n) is 1.70. The van der Waals surface area contributed by atoms with Gasteiger partial charge in [0.25, 0.3) is 0 Å². The van der Waals surface area contributed by atoms with Crippen LogP contribution in [0.3, 0.4) is 0 Å². The van der Waals surface area contributed by atoms with Gasteiger partial charge in [0.15, 0.2) is 0 Å². The normalized spacial score (nSPS) is 11.1. The van der Waals surface area contributed by atoms with Gasteiger partial charge in [-0.05, 0) is 17.3 Å². The highest BCUT2D eigenvalue weighted by atomic mass is 127. The summed E-state index contributed by atoms with van der Waals surface area (Å²) in [5, 5.41) is 0. The highest BCUT2D eigenvalue weighted by molar-refractivity contribution is 14.1. The molecular weight excluding hydrogens is 335 g/mol. The van der Waals surface area contributed by atoms with Gasteiger partial charge in [0.05, 0.1) is 0 Å². The minimum Gasteiger partial charge on any atom is -0.132 e. The molecule has 0 saturated carbocycles. The zero-order valence-electron chi connectivity index (χ0n) is 11.9. The van der Waals surface area contributed by atoms with E-state index in [0.717, 1.165) is 6.42 Å². The monoisotopic (exact) mass is 364 g/mol. The Bertz CT molecular complexity index is 219. The van der Waals surface area contributed by atoms with Crippen molar-refractivity contribution < 1.29 is 0 Å². The molecule has 100 valence electrons. The minimum absolute atomic E-state index is 1.11. The van der Waals surface area contributed by atoms with Crippen LogP contribution < -0.4 is 0 Å². The van der Waals surface area contributed by atoms with E-state index in [0.29, 0.717) is 0 Å². The van der Waals surface area contributed by atoms with Gasteiger partial charge in [0.1, 0.15) is 8.07 Å². The van der Waals surface area contributed by atoms with E-state index in [9.17, 15) is 0 Å². The predicted octanol–water partition coefficient (Wildman–Crippen LogP) is 5.81. The molecule has 0 rings (SSSR count). The Morgan fingerprint density at radius 3 is 1.71 bits per heavy atom. The van der Waals surface area contributed by atoms with E-state index in [2.05, 4.69) is 53.7 Å². The van der Waals surface area contributed by atoms with Gasteiger partial charge in [0, 0.05) is 6.42 Å². The van der Waals surface area contributed by atoms with Gasteiger partial charge in [-0.3, -0.25) is 0 Å². The van der Waals surface area contributed by atoms with E-state index >= 15 is 0 Å². The Morgan fingerprint density at radius 1 is 0.765 bits per heavy atom. The summed E-state index contributed by atoms with van der Waals surface area (Å²) in [6, 6.07) is 0. The SMILES string of the molecule is C[Si](C)(C)C#CCCCCCCCCCCI. The van der Waals surface area contributed by atoms with Gasteiger partial charge in [-0.25, -0.2) is 0 Å². The van der Waals surface area contributed by atoms with Crippen LogP contribution in [0.4, 0.5) is 0 Å². The van der Waals surface area contributed by atoms with Crippen LogP contribution in [0.15, 0.2) is 0 Å². The predicted molar refractivity (Wildman–Crippen MR) is 91.6 cm³/mol. The van der Waals surface area contributed by atoms with Gasteiger partial charge in [-0.15, -0.1) is 11.5 Å². The lowest BCUT2D eigenvalue weighted by atomic mass is 10.1. The Hall–Kier alpha value is 0.507. The summed E-state index contributed by atoms with van der Waals surface area (Å²) in [5.74, 6) is 3.36. The van der Waals surface area contributed by atoms with Crippen LogP contribution in [0.2, 0.25) is 19.6 Å². The van der Waals surface area contributed by atoms with Gasteiger partial charge >= 0.3 is 0 Å². The molecule has 0 spiro atoms. The third kappa shape index (κ3) is 16.5. The lowest BCUT2D eigenvalue weighted by Crippen LogP contribution is -2.16. The first kappa shape index (κ1) is 17.5. The Balaban J connectivity index is 3.16. The van der Waals surface area contributed by atoms with E-state index in [4.69, 9.17) is 0 Å². The standard InChI is InChI=1S/C15H29ISi/c1-17(2,3)15-13-11-9-7-5-4-6-8-10-12-14-16/h4-12,14H2,1-3H3. The summed E-state index contributed by atoms with van der Waals surface area (Å²) < 4.78 is 1.33. The summed E-state index contributed by atoms with van der Waals surface area (Å²) in [6.45, 7) is 6.95. The molecule has 17 heavy (non-hydrogen) atoms. The number of hydrogen-bond acceptors (Lipinski definition) is 0. The molecule has 0 nitrogen and oxygen atoms in total. The first-order valence-corrected chi connectivity index (χ1v) is 12.1. The molecular formula is C15H29ISi. The average Bonchev–Trinajstić information content (AvgIpc) is 2.24. The summed E-state index contributed by atoms with van der Waals surface area (Å²) >= 11 is 2.47. The lowest BCUT2D eigenvalue weighted by Gasteiger charge is -2.03. The lowest BCUT2D eigenvalue weighted by molar-refractivity contribution is 0.581. The third-order valence-electron chi connectivity index (χ3n) is 2.65. The van der Waals surface area contributed by atoms with Crippen molar-refractivity contribution in [1.29, 1.82) is 0 Å². The molecule has 0 aliphatic heterocycles. The van der Waals surface area contributed by atoms with Crippen LogP contribution in [0.25, 0.3) is 0 Å². The molecule has 0 saturated heterocycles. The zero-order chi connectivity index (χ0) is 13.0. The Labute approximate surface area is 123 Å². The van der Waals surface area contributed by atoms with Crippen LogP contribution in [-0.4, -0.2) is 12.5 Å². The molecule has 0 unspecified atom stereocenters. The molecule has 0 aliphatic rings. The number of rotatable bonds is 9. The topological polar surface area (TPSA) is 0 Å². The molecule has 0 amide bonds. The molecule has 0 aliphatic carbocycles. The van der Waals surface area contributed by atoms with E-state index in [-0.39, 0.29) is 0 Å². The Morgan fingerprint density at radius 2 is 1.24 bits per heavy atom. The maximum absolute atomic E-state index is 3.44. The quantitative estimate of drug-likeness (QED) is 0.159. The maximum Gasteiger partial charge on any atom is 0.129 e. The third-order valence-corrected chi connectivity index (χ3v) is 4.34. The second kappa shape index (κ2) is 11.6. The first-order chi connectivity index (χ1) is 8.06. The van der Waals surface area contributed by atoms with E-state index < -0.39 is 8.07 Å². The maximum atomic E-state index is 3.44. The molecule has 0 atom stereocenters. The van der Waals surface area contributed by atoms with Crippen molar-refractivity contribution in [1.82, 2.24) is 0 Å². The summed E-state index contributed by atoms with van der Waals surface area (Å²) in [5.41, 5.74) is 3.44. The molecule has 2 heteroatoms. The van der Waals surface area contributed by atoms with Crippen molar-refractivity contribution in [3.8, 4) is 11.5 Å². The van der Waals surface area contributed by atoms with Crippen molar-refractivity contribution >= 4 is 30.7 Å². The second-order valence-corrected chi connectivity index (χ2v) is 11.6. The molecule has 0 heterocycles. The molecule has 0 fully saturated rings. The summed E-state index contributed by atoms with van der Waals surface area (Å²) in [4.78, 5) is 0. The van der Waals surface area contributed by atoms with Crippen LogP contribution in [-0.2, 0) is 0 Å². The van der Waals surface area contributed by atoms with E-state index in [1.54, 1.807) is 0 Å². The van der Waals surface area contributed by atoms with Crippen LogP contribution in [0.1, 0.15) is 57.8 Å². The Kier molecular flexibility index (Phi) is 11.9. The van der Waals surface area contributed by atoms with Crippen LogP contribution >= 0.6 is 22.6 Å². The van der Waals surface area contributed by atoms with Gasteiger partial charge in [0.2, 0.25) is 0 Å². The summed E-state index contributed by atoms with van der Waals surface area (Å²) in [6.07, 6.45) is 12.4. The van der Waals surface area contributed by atoms with Gasteiger partial charge in [-0.2, -0.15) is 0 Å². The van der Waals surface area contributed by atoms with Crippen molar-refractivity contribution in [3.63, 3.8) is 0 Å². The van der Waals surface area contributed by atoms with Crippen molar-refractivity contribution in [2.45, 2.75) is 77.4 Å². The number of unbranched alkanes of at least 4 members (excludes halogenated alkanes) is 8. The van der Waals surface area contributed by atoms with Crippen LogP contribution in [0, 0.1) is 11.5 Å². The number of halogens is 1. The zero-order valence-corrected chi connectivity index (χ0v) is 15.1. The summed E-state index contributed by atoms with van der Waals surface area (Å²) in [7, 11) is -1.11. The minimum atomic E-state index is -1.11.